The standard InChI is InChI=1S/C19H30N4O3S/c20-15(19(26)23-10-11-27-13-23)8-4-5-9-22-18(25)17(24)16(21)12-14-6-2-1-3-7-14/h1-3,6-7,15-17,24H,4-5,8-13,20-21H2,(H,22,25)/t15-,16+,17-/m0/s1. The van der Waals surface area contributed by atoms with Crippen LogP contribution in [0.3, 0.4) is 0 Å². The Hall–Kier alpha value is -1.61. The molecule has 27 heavy (non-hydrogen) atoms. The van der Waals surface area contributed by atoms with E-state index in [1.807, 2.05) is 30.3 Å². The van der Waals surface area contributed by atoms with Gasteiger partial charge in [0.05, 0.1) is 11.9 Å². The van der Waals surface area contributed by atoms with Gasteiger partial charge < -0.3 is 26.8 Å². The molecule has 1 saturated heterocycles. The second-order valence-corrected chi connectivity index (χ2v) is 7.91. The molecule has 150 valence electrons. The summed E-state index contributed by atoms with van der Waals surface area (Å²) < 4.78 is 0. The third-order valence-corrected chi connectivity index (χ3v) is 5.58. The predicted octanol–water partition coefficient (Wildman–Crippen LogP) is 0.0640. The van der Waals surface area contributed by atoms with Crippen molar-refractivity contribution < 1.29 is 14.7 Å². The molecule has 0 aliphatic carbocycles. The molecule has 1 aliphatic rings. The molecule has 0 aromatic heterocycles. The van der Waals surface area contributed by atoms with Crippen molar-refractivity contribution in [2.45, 2.75) is 43.9 Å². The maximum absolute atomic E-state index is 12.1. The number of amides is 2. The highest BCUT2D eigenvalue weighted by atomic mass is 32.2. The summed E-state index contributed by atoms with van der Waals surface area (Å²) in [4.78, 5) is 25.9. The normalized spacial score (nSPS) is 17.4. The molecule has 1 aromatic carbocycles. The molecule has 1 heterocycles. The maximum atomic E-state index is 12.1. The first-order valence-electron chi connectivity index (χ1n) is 9.36. The van der Waals surface area contributed by atoms with Crippen molar-refractivity contribution in [2.75, 3.05) is 24.7 Å². The number of aliphatic hydroxyl groups is 1. The summed E-state index contributed by atoms with van der Waals surface area (Å²) in [6.07, 6.45) is 1.21. The minimum absolute atomic E-state index is 0.00587. The molecule has 0 unspecified atom stereocenters. The Balaban J connectivity index is 1.60. The molecule has 6 N–H and O–H groups in total. The van der Waals surface area contributed by atoms with Gasteiger partial charge in [0.25, 0.3) is 0 Å². The number of rotatable bonds is 10. The van der Waals surface area contributed by atoms with E-state index in [9.17, 15) is 14.7 Å². The van der Waals surface area contributed by atoms with Crippen LogP contribution in [0.4, 0.5) is 0 Å². The zero-order chi connectivity index (χ0) is 19.6. The molecule has 1 fully saturated rings. The van der Waals surface area contributed by atoms with Crippen LogP contribution in [0.15, 0.2) is 30.3 Å². The van der Waals surface area contributed by atoms with Gasteiger partial charge in [0, 0.05) is 24.9 Å². The Bertz CT molecular complexity index is 596. The highest BCUT2D eigenvalue weighted by Gasteiger charge is 2.24. The molecule has 1 aromatic rings. The average molecular weight is 395 g/mol. The Kier molecular flexibility index (Phi) is 9.06. The molecular weight excluding hydrogens is 364 g/mol. The number of carbonyl (C=O) groups is 2. The third-order valence-electron chi connectivity index (χ3n) is 4.61. The number of hydrogen-bond donors (Lipinski definition) is 4. The van der Waals surface area contributed by atoms with Crippen LogP contribution in [0, 0.1) is 0 Å². The van der Waals surface area contributed by atoms with Gasteiger partial charge in [-0.3, -0.25) is 9.59 Å². The smallest absolute Gasteiger partial charge is 0.250 e. The van der Waals surface area contributed by atoms with Crippen molar-refractivity contribution in [3.05, 3.63) is 35.9 Å². The van der Waals surface area contributed by atoms with Gasteiger partial charge in [-0.25, -0.2) is 0 Å². The van der Waals surface area contributed by atoms with E-state index in [0.717, 1.165) is 30.2 Å². The Labute approximate surface area is 164 Å². The van der Waals surface area contributed by atoms with Crippen molar-refractivity contribution in [2.24, 2.45) is 11.5 Å². The largest absolute Gasteiger partial charge is 0.382 e. The van der Waals surface area contributed by atoms with Crippen molar-refractivity contribution >= 4 is 23.6 Å². The average Bonchev–Trinajstić information content (AvgIpc) is 3.21. The van der Waals surface area contributed by atoms with Gasteiger partial charge in [0.1, 0.15) is 6.10 Å². The molecule has 0 spiro atoms. The van der Waals surface area contributed by atoms with Gasteiger partial charge in [-0.05, 0) is 31.2 Å². The maximum Gasteiger partial charge on any atom is 0.250 e. The molecule has 1 aliphatic heterocycles. The van der Waals surface area contributed by atoms with Crippen molar-refractivity contribution in [3.8, 4) is 0 Å². The van der Waals surface area contributed by atoms with Gasteiger partial charge in [0.15, 0.2) is 0 Å². The first-order valence-corrected chi connectivity index (χ1v) is 10.5. The second kappa shape index (κ2) is 11.3. The summed E-state index contributed by atoms with van der Waals surface area (Å²) in [5, 5.41) is 12.8. The molecular formula is C19H30N4O3S. The van der Waals surface area contributed by atoms with Gasteiger partial charge in [0.2, 0.25) is 11.8 Å². The minimum atomic E-state index is -1.25. The lowest BCUT2D eigenvalue weighted by Crippen LogP contribution is -2.47. The van der Waals surface area contributed by atoms with Crippen LogP contribution in [0.2, 0.25) is 0 Å². The summed E-state index contributed by atoms with van der Waals surface area (Å²) in [6.45, 7) is 1.20. The zero-order valence-corrected chi connectivity index (χ0v) is 16.4. The van der Waals surface area contributed by atoms with Gasteiger partial charge in [-0.2, -0.15) is 0 Å². The Morgan fingerprint density at radius 2 is 1.96 bits per heavy atom. The minimum Gasteiger partial charge on any atom is -0.382 e. The molecule has 0 radical (unpaired) electrons. The first-order chi connectivity index (χ1) is 13.0. The van der Waals surface area contributed by atoms with E-state index < -0.39 is 24.1 Å². The lowest BCUT2D eigenvalue weighted by molar-refractivity contribution is -0.131. The van der Waals surface area contributed by atoms with E-state index in [0.29, 0.717) is 25.8 Å². The SMILES string of the molecule is N[C@H](Cc1ccccc1)[C@H](O)C(=O)NCCCC[C@H](N)C(=O)N1CCSC1. The van der Waals surface area contributed by atoms with Crippen molar-refractivity contribution in [1.82, 2.24) is 10.2 Å². The molecule has 2 rings (SSSR count). The fraction of sp³-hybridized carbons (Fsp3) is 0.579. The lowest BCUT2D eigenvalue weighted by atomic mass is 10.0. The van der Waals surface area contributed by atoms with Crippen LogP contribution in [-0.4, -0.2) is 64.7 Å². The highest BCUT2D eigenvalue weighted by molar-refractivity contribution is 7.99. The van der Waals surface area contributed by atoms with E-state index in [1.54, 1.807) is 16.7 Å². The monoisotopic (exact) mass is 394 g/mol. The lowest BCUT2D eigenvalue weighted by Gasteiger charge is -2.20. The number of benzene rings is 1. The quantitative estimate of drug-likeness (QED) is 0.417. The summed E-state index contributed by atoms with van der Waals surface area (Å²) in [5.41, 5.74) is 12.9. The Morgan fingerprint density at radius 3 is 2.63 bits per heavy atom. The number of hydrogen-bond acceptors (Lipinski definition) is 6. The summed E-state index contributed by atoms with van der Waals surface area (Å²) >= 11 is 1.74. The van der Waals surface area contributed by atoms with Crippen LogP contribution in [0.1, 0.15) is 24.8 Å². The van der Waals surface area contributed by atoms with Crippen LogP contribution in [-0.2, 0) is 16.0 Å². The molecule has 2 amide bonds. The van der Waals surface area contributed by atoms with E-state index in [2.05, 4.69) is 5.32 Å². The predicted molar refractivity (Wildman–Crippen MR) is 108 cm³/mol. The topological polar surface area (TPSA) is 122 Å². The van der Waals surface area contributed by atoms with E-state index in [1.165, 1.54) is 0 Å². The molecule has 8 heteroatoms. The molecule has 0 saturated carbocycles. The third kappa shape index (κ3) is 7.14. The van der Waals surface area contributed by atoms with E-state index in [-0.39, 0.29) is 5.91 Å². The molecule has 7 nitrogen and oxygen atoms in total. The highest BCUT2D eigenvalue weighted by Crippen LogP contribution is 2.15. The fourth-order valence-corrected chi connectivity index (χ4v) is 3.90. The Morgan fingerprint density at radius 1 is 1.22 bits per heavy atom. The zero-order valence-electron chi connectivity index (χ0n) is 15.5. The van der Waals surface area contributed by atoms with Crippen LogP contribution >= 0.6 is 11.8 Å². The van der Waals surface area contributed by atoms with Crippen molar-refractivity contribution in [1.29, 1.82) is 0 Å². The number of carbonyl (C=O) groups excluding carboxylic acids is 2. The fourth-order valence-electron chi connectivity index (χ4n) is 2.94. The number of nitrogens with one attached hydrogen (secondary N) is 1. The van der Waals surface area contributed by atoms with E-state index in [4.69, 9.17) is 11.5 Å². The number of thioether (sulfide) groups is 1. The number of nitrogens with two attached hydrogens (primary N) is 2. The van der Waals surface area contributed by atoms with Gasteiger partial charge >= 0.3 is 0 Å². The van der Waals surface area contributed by atoms with Crippen LogP contribution in [0.25, 0.3) is 0 Å². The van der Waals surface area contributed by atoms with Crippen molar-refractivity contribution in [3.63, 3.8) is 0 Å². The van der Waals surface area contributed by atoms with Gasteiger partial charge in [-0.15, -0.1) is 11.8 Å². The number of aliphatic hydroxyl groups excluding tert-OH is 1. The van der Waals surface area contributed by atoms with E-state index >= 15 is 0 Å². The number of nitrogens with zero attached hydrogens (tertiary/aromatic N) is 1. The molecule has 0 bridgehead atoms. The van der Waals surface area contributed by atoms with Crippen LogP contribution in [0.5, 0.6) is 0 Å². The molecule has 3 atom stereocenters. The summed E-state index contributed by atoms with van der Waals surface area (Å²) in [5.74, 6) is 1.24. The summed E-state index contributed by atoms with van der Waals surface area (Å²) in [6, 6.07) is 8.38. The second-order valence-electron chi connectivity index (χ2n) is 6.83. The summed E-state index contributed by atoms with van der Waals surface area (Å²) in [7, 11) is 0. The first kappa shape index (κ1) is 21.7. The van der Waals surface area contributed by atoms with Crippen LogP contribution < -0.4 is 16.8 Å². The number of unbranched alkanes of at least 4 members (excludes halogenated alkanes) is 1. The van der Waals surface area contributed by atoms with Gasteiger partial charge in [-0.1, -0.05) is 30.3 Å².